The smallest absolute Gasteiger partial charge is 0.550 e. The van der Waals surface area contributed by atoms with Crippen LogP contribution in [0.25, 0.3) is 0 Å². The van der Waals surface area contributed by atoms with Gasteiger partial charge in [-0.25, -0.2) is 0 Å². The number of carboxylic acid groups (broad SMARTS) is 2. The Hall–Kier alpha value is 0.120. The van der Waals surface area contributed by atoms with Crippen LogP contribution < -0.4 is 10.2 Å². The summed E-state index contributed by atoms with van der Waals surface area (Å²) in [5.74, 6) is -1.81. The quantitative estimate of drug-likeness (QED) is 0.0449. The zero-order valence-electron chi connectivity index (χ0n) is 39.7. The number of nitrogens with zero attached hydrogens (tertiary/aromatic N) is 2. The number of carboxylic acids is 2. The van der Waals surface area contributed by atoms with Crippen LogP contribution in [-0.2, 0) is 9.59 Å². The van der Waals surface area contributed by atoms with Gasteiger partial charge in [0.1, 0.15) is 0 Å². The SMILES string of the molecule is CCCCCCCCCN(CCCCCCCCC)C(C)CCCCC(=O)[O-].CCCCCCCCCN(CCCCCCCCC)C(C)CCCCC(=O)[O-].[Ca+2]. The summed E-state index contributed by atoms with van der Waals surface area (Å²) in [6.07, 6.45) is 44.3. The Morgan fingerprint density at radius 3 is 0.772 bits per heavy atom. The first kappa shape index (κ1) is 61.4. The number of unbranched alkanes of at least 4 members (excludes halogenated alkanes) is 26. The molecule has 0 rings (SSSR count). The molecule has 0 fully saturated rings. The fraction of sp³-hybridized carbons (Fsp3) is 0.960. The minimum absolute atomic E-state index is 0. The van der Waals surface area contributed by atoms with E-state index in [1.54, 1.807) is 0 Å². The molecule has 0 aliphatic carbocycles. The van der Waals surface area contributed by atoms with E-state index < -0.39 is 11.9 Å². The van der Waals surface area contributed by atoms with Crippen LogP contribution >= 0.6 is 0 Å². The molecule has 0 radical (unpaired) electrons. The third-order valence-corrected chi connectivity index (χ3v) is 11.9. The van der Waals surface area contributed by atoms with E-state index in [0.29, 0.717) is 12.1 Å². The average Bonchev–Trinajstić information content (AvgIpc) is 3.18. The molecule has 0 spiro atoms. The number of rotatable bonds is 44. The summed E-state index contributed by atoms with van der Waals surface area (Å²) >= 11 is 0. The molecule has 7 heteroatoms. The number of aliphatic carboxylic acids is 2. The second-order valence-corrected chi connectivity index (χ2v) is 17.5. The number of carbonyl (C=O) groups is 2. The van der Waals surface area contributed by atoms with Crippen molar-refractivity contribution >= 4 is 49.7 Å². The molecule has 0 amide bonds. The predicted molar refractivity (Wildman–Crippen MR) is 247 cm³/mol. The van der Waals surface area contributed by atoms with E-state index in [1.165, 1.54) is 206 Å². The van der Waals surface area contributed by atoms with Crippen LogP contribution in [-0.4, -0.2) is 97.7 Å². The molecule has 57 heavy (non-hydrogen) atoms. The molecule has 2 unspecified atom stereocenters. The zero-order valence-corrected chi connectivity index (χ0v) is 41.9. The van der Waals surface area contributed by atoms with Gasteiger partial charge in [0.05, 0.1) is 0 Å². The molecule has 0 aromatic rings. The molecule has 0 aromatic heterocycles. The van der Waals surface area contributed by atoms with E-state index in [1.807, 2.05) is 0 Å². The van der Waals surface area contributed by atoms with E-state index in [2.05, 4.69) is 51.3 Å². The largest absolute Gasteiger partial charge is 2.00 e. The van der Waals surface area contributed by atoms with Gasteiger partial charge in [-0.15, -0.1) is 0 Å². The standard InChI is InChI=1S/2C25H51NO2.Ca/c2*1-4-6-8-10-12-14-18-22-26(23-19-15-13-11-9-7-5-2)24(3)20-16-17-21-25(27)28;/h2*24H,4-23H2,1-3H3,(H,27,28);/q;;+2/p-2. The van der Waals surface area contributed by atoms with Gasteiger partial charge in [0, 0.05) is 24.0 Å². The summed E-state index contributed by atoms with van der Waals surface area (Å²) in [7, 11) is 0. The molecular weight excluding hydrogens is 733 g/mol. The minimum atomic E-state index is -0.907. The maximum Gasteiger partial charge on any atom is 2.00 e. The minimum Gasteiger partial charge on any atom is -0.550 e. The van der Waals surface area contributed by atoms with Gasteiger partial charge >= 0.3 is 37.7 Å². The molecule has 336 valence electrons. The molecule has 0 aromatic carbocycles. The van der Waals surface area contributed by atoms with E-state index in [0.717, 1.165) is 38.5 Å². The number of hydrogen-bond acceptors (Lipinski definition) is 6. The summed E-state index contributed by atoms with van der Waals surface area (Å²) in [5.41, 5.74) is 0. The van der Waals surface area contributed by atoms with Crippen molar-refractivity contribution in [1.82, 2.24) is 9.80 Å². The molecule has 2 atom stereocenters. The molecule has 0 bridgehead atoms. The normalized spacial score (nSPS) is 12.4. The second-order valence-electron chi connectivity index (χ2n) is 17.5. The topological polar surface area (TPSA) is 86.7 Å². The fourth-order valence-electron chi connectivity index (χ4n) is 7.98. The van der Waals surface area contributed by atoms with Gasteiger partial charge in [-0.3, -0.25) is 0 Å². The third kappa shape index (κ3) is 48.7. The van der Waals surface area contributed by atoms with Gasteiger partial charge in [0.2, 0.25) is 0 Å². The van der Waals surface area contributed by atoms with E-state index >= 15 is 0 Å². The van der Waals surface area contributed by atoms with Gasteiger partial charge < -0.3 is 29.6 Å². The molecule has 0 aliphatic rings. The van der Waals surface area contributed by atoms with Crippen molar-refractivity contribution in [1.29, 1.82) is 0 Å². The number of carbonyl (C=O) groups excluding carboxylic acids is 2. The Labute approximate surface area is 387 Å². The van der Waals surface area contributed by atoms with Crippen molar-refractivity contribution in [2.75, 3.05) is 26.2 Å². The molecule has 0 heterocycles. The second kappa shape index (κ2) is 50.5. The van der Waals surface area contributed by atoms with Crippen LogP contribution in [0.15, 0.2) is 0 Å². The summed E-state index contributed by atoms with van der Waals surface area (Å²) in [5, 5.41) is 21.2. The van der Waals surface area contributed by atoms with Crippen molar-refractivity contribution in [2.24, 2.45) is 0 Å². The van der Waals surface area contributed by atoms with Gasteiger partial charge in [-0.1, -0.05) is 195 Å². The van der Waals surface area contributed by atoms with Crippen LogP contribution in [0.2, 0.25) is 0 Å². The van der Waals surface area contributed by atoms with Crippen molar-refractivity contribution < 1.29 is 19.8 Å². The van der Waals surface area contributed by atoms with Crippen molar-refractivity contribution in [3.8, 4) is 0 Å². The Balaban J connectivity index is -0.00000101. The van der Waals surface area contributed by atoms with Gasteiger partial charge in [-0.05, 0) is 104 Å². The zero-order chi connectivity index (χ0) is 41.7. The van der Waals surface area contributed by atoms with Crippen LogP contribution in [0.3, 0.4) is 0 Å². The molecule has 0 saturated carbocycles. The summed E-state index contributed by atoms with van der Waals surface area (Å²) in [6, 6.07) is 1.14. The van der Waals surface area contributed by atoms with E-state index in [9.17, 15) is 19.8 Å². The van der Waals surface area contributed by atoms with Crippen LogP contribution in [0.4, 0.5) is 0 Å². The van der Waals surface area contributed by atoms with Gasteiger partial charge in [0.15, 0.2) is 0 Å². The van der Waals surface area contributed by atoms with Crippen molar-refractivity contribution in [3.05, 3.63) is 0 Å². The van der Waals surface area contributed by atoms with Crippen molar-refractivity contribution in [2.45, 2.75) is 285 Å². The average molecular weight is 833 g/mol. The summed E-state index contributed by atoms with van der Waals surface area (Å²) in [4.78, 5) is 26.5. The first-order valence-electron chi connectivity index (χ1n) is 25.1. The molecule has 0 N–H and O–H groups in total. The Morgan fingerprint density at radius 1 is 0.351 bits per heavy atom. The molecule has 0 aliphatic heterocycles. The summed E-state index contributed by atoms with van der Waals surface area (Å²) < 4.78 is 0. The first-order chi connectivity index (χ1) is 27.2. The van der Waals surface area contributed by atoms with E-state index in [-0.39, 0.29) is 50.6 Å². The Bertz CT molecular complexity index is 700. The number of hydrogen-bond donors (Lipinski definition) is 0. The molecule has 6 nitrogen and oxygen atoms in total. The third-order valence-electron chi connectivity index (χ3n) is 11.9. The maximum absolute atomic E-state index is 10.6. The van der Waals surface area contributed by atoms with Crippen LogP contribution in [0.1, 0.15) is 273 Å². The van der Waals surface area contributed by atoms with Gasteiger partial charge in [0.25, 0.3) is 0 Å². The van der Waals surface area contributed by atoms with Crippen molar-refractivity contribution in [3.63, 3.8) is 0 Å². The fourth-order valence-corrected chi connectivity index (χ4v) is 7.98. The van der Waals surface area contributed by atoms with Gasteiger partial charge in [-0.2, -0.15) is 0 Å². The first-order valence-corrected chi connectivity index (χ1v) is 25.1. The predicted octanol–water partition coefficient (Wildman–Crippen LogP) is 12.6. The van der Waals surface area contributed by atoms with Crippen LogP contribution in [0, 0.1) is 0 Å². The molecule has 0 saturated heterocycles. The Morgan fingerprint density at radius 2 is 0.561 bits per heavy atom. The van der Waals surface area contributed by atoms with Crippen LogP contribution in [0.5, 0.6) is 0 Å². The molecular formula is C50H100CaN2O4. The Kier molecular flexibility index (Phi) is 54.4. The maximum atomic E-state index is 10.6. The monoisotopic (exact) mass is 833 g/mol. The van der Waals surface area contributed by atoms with E-state index in [4.69, 9.17) is 0 Å². The summed E-state index contributed by atoms with van der Waals surface area (Å²) in [6.45, 7) is 18.6.